The van der Waals surface area contributed by atoms with E-state index < -0.39 is 10.8 Å². The highest BCUT2D eigenvalue weighted by Gasteiger charge is 2.26. The molecule has 5 heteroatoms. The lowest BCUT2D eigenvalue weighted by Crippen LogP contribution is -2.27. The Morgan fingerprint density at radius 2 is 2.20 bits per heavy atom. The summed E-state index contributed by atoms with van der Waals surface area (Å²) in [6.45, 7) is 3.54. The standard InChI is InChI=1S/C10H14O3S2/c1-7(10(11)13-3)8(2)15(12)9-5-4-6-14-9/h4-8H,1-3H3. The maximum atomic E-state index is 12.0. The van der Waals surface area contributed by atoms with Gasteiger partial charge in [-0.1, -0.05) is 13.0 Å². The fourth-order valence-electron chi connectivity index (χ4n) is 1.12. The van der Waals surface area contributed by atoms with Gasteiger partial charge < -0.3 is 4.74 Å². The molecule has 0 fully saturated rings. The van der Waals surface area contributed by atoms with Crippen molar-refractivity contribution >= 4 is 28.1 Å². The first-order valence-corrected chi connectivity index (χ1v) is 6.69. The van der Waals surface area contributed by atoms with Crippen molar-refractivity contribution in [3.8, 4) is 0 Å². The van der Waals surface area contributed by atoms with Crippen LogP contribution in [0.5, 0.6) is 0 Å². The van der Waals surface area contributed by atoms with Crippen LogP contribution in [0, 0.1) is 5.92 Å². The van der Waals surface area contributed by atoms with E-state index in [0.717, 1.165) is 4.21 Å². The molecule has 84 valence electrons. The van der Waals surface area contributed by atoms with Crippen LogP contribution in [0.15, 0.2) is 21.7 Å². The van der Waals surface area contributed by atoms with E-state index in [9.17, 15) is 9.00 Å². The molecule has 1 heterocycles. The van der Waals surface area contributed by atoms with Crippen molar-refractivity contribution in [2.45, 2.75) is 23.3 Å². The lowest BCUT2D eigenvalue weighted by Gasteiger charge is -2.16. The van der Waals surface area contributed by atoms with Gasteiger partial charge >= 0.3 is 5.97 Å². The molecule has 0 spiro atoms. The van der Waals surface area contributed by atoms with Gasteiger partial charge in [0.2, 0.25) is 0 Å². The second-order valence-electron chi connectivity index (χ2n) is 3.25. The molecule has 0 amide bonds. The molecule has 0 bridgehead atoms. The predicted molar refractivity (Wildman–Crippen MR) is 61.4 cm³/mol. The maximum Gasteiger partial charge on any atom is 0.309 e. The Labute approximate surface area is 95.9 Å². The molecule has 15 heavy (non-hydrogen) atoms. The van der Waals surface area contributed by atoms with Crippen molar-refractivity contribution in [3.63, 3.8) is 0 Å². The summed E-state index contributed by atoms with van der Waals surface area (Å²) in [7, 11) is 0.215. The van der Waals surface area contributed by atoms with Crippen LogP contribution in [-0.2, 0) is 20.3 Å². The molecule has 3 nitrogen and oxygen atoms in total. The van der Waals surface area contributed by atoms with Gasteiger partial charge in [-0.3, -0.25) is 9.00 Å². The molecule has 0 aliphatic carbocycles. The third-order valence-electron chi connectivity index (χ3n) is 2.31. The van der Waals surface area contributed by atoms with Gasteiger partial charge in [0.05, 0.1) is 33.3 Å². The molecule has 0 radical (unpaired) electrons. The molecule has 0 aliphatic rings. The van der Waals surface area contributed by atoms with Crippen molar-refractivity contribution in [3.05, 3.63) is 17.5 Å². The zero-order valence-electron chi connectivity index (χ0n) is 8.93. The normalized spacial score (nSPS) is 16.7. The molecular formula is C10H14O3S2. The molecule has 0 saturated heterocycles. The average Bonchev–Trinajstić information content (AvgIpc) is 2.78. The number of thiophene rings is 1. The lowest BCUT2D eigenvalue weighted by atomic mass is 10.1. The van der Waals surface area contributed by atoms with E-state index in [2.05, 4.69) is 4.74 Å². The Morgan fingerprint density at radius 1 is 1.53 bits per heavy atom. The second kappa shape index (κ2) is 5.42. The summed E-state index contributed by atoms with van der Waals surface area (Å²) in [6.07, 6.45) is 0. The summed E-state index contributed by atoms with van der Waals surface area (Å²) in [4.78, 5) is 11.3. The largest absolute Gasteiger partial charge is 0.469 e. The molecule has 1 aromatic heterocycles. The highest BCUT2D eigenvalue weighted by atomic mass is 32.2. The van der Waals surface area contributed by atoms with E-state index >= 15 is 0 Å². The van der Waals surface area contributed by atoms with Crippen LogP contribution in [0.2, 0.25) is 0 Å². The number of hydrogen-bond acceptors (Lipinski definition) is 4. The average molecular weight is 246 g/mol. The van der Waals surface area contributed by atoms with E-state index in [1.807, 2.05) is 17.5 Å². The van der Waals surface area contributed by atoms with Gasteiger partial charge in [0.1, 0.15) is 0 Å². The van der Waals surface area contributed by atoms with Crippen molar-refractivity contribution < 1.29 is 13.7 Å². The number of esters is 1. The van der Waals surface area contributed by atoms with E-state index in [1.165, 1.54) is 18.4 Å². The molecule has 3 atom stereocenters. The third-order valence-corrected chi connectivity index (χ3v) is 5.37. The van der Waals surface area contributed by atoms with Crippen LogP contribution >= 0.6 is 11.3 Å². The number of carbonyl (C=O) groups is 1. The summed E-state index contributed by atoms with van der Waals surface area (Å²) >= 11 is 1.44. The second-order valence-corrected chi connectivity index (χ2v) is 6.23. The van der Waals surface area contributed by atoms with Gasteiger partial charge in [0, 0.05) is 0 Å². The van der Waals surface area contributed by atoms with Crippen molar-refractivity contribution in [1.29, 1.82) is 0 Å². The Hall–Kier alpha value is -0.680. The molecule has 0 aromatic carbocycles. The highest BCUT2D eigenvalue weighted by molar-refractivity contribution is 7.87. The summed E-state index contributed by atoms with van der Waals surface area (Å²) in [5, 5.41) is 1.65. The van der Waals surface area contributed by atoms with E-state index in [1.54, 1.807) is 13.8 Å². The Morgan fingerprint density at radius 3 is 2.67 bits per heavy atom. The smallest absolute Gasteiger partial charge is 0.309 e. The first-order chi connectivity index (χ1) is 7.07. The summed E-state index contributed by atoms with van der Waals surface area (Å²) < 4.78 is 17.4. The maximum absolute atomic E-state index is 12.0. The Kier molecular flexibility index (Phi) is 4.47. The van der Waals surface area contributed by atoms with Crippen LogP contribution < -0.4 is 0 Å². The van der Waals surface area contributed by atoms with Gasteiger partial charge in [-0.05, 0) is 18.4 Å². The third kappa shape index (κ3) is 2.89. The minimum atomic E-state index is -1.13. The first-order valence-electron chi connectivity index (χ1n) is 4.59. The first kappa shape index (κ1) is 12.4. The zero-order chi connectivity index (χ0) is 11.4. The molecular weight excluding hydrogens is 232 g/mol. The van der Waals surface area contributed by atoms with Gasteiger partial charge in [-0.2, -0.15) is 0 Å². The summed E-state index contributed by atoms with van der Waals surface area (Å²) in [5.74, 6) is -0.662. The van der Waals surface area contributed by atoms with Gasteiger partial charge in [0.25, 0.3) is 0 Å². The van der Waals surface area contributed by atoms with Crippen LogP contribution in [0.1, 0.15) is 13.8 Å². The van der Waals surface area contributed by atoms with Crippen LogP contribution in [0.3, 0.4) is 0 Å². The quantitative estimate of drug-likeness (QED) is 0.764. The minimum absolute atomic E-state index is 0.226. The van der Waals surface area contributed by atoms with E-state index in [0.29, 0.717) is 0 Å². The van der Waals surface area contributed by atoms with E-state index in [-0.39, 0.29) is 17.1 Å². The van der Waals surface area contributed by atoms with Gasteiger partial charge in [0.15, 0.2) is 0 Å². The van der Waals surface area contributed by atoms with Crippen LogP contribution in [0.25, 0.3) is 0 Å². The van der Waals surface area contributed by atoms with Crippen LogP contribution in [0.4, 0.5) is 0 Å². The molecule has 0 N–H and O–H groups in total. The fourth-order valence-corrected chi connectivity index (χ4v) is 3.63. The Balaban J connectivity index is 2.73. The number of carbonyl (C=O) groups excluding carboxylic acids is 1. The Bertz CT molecular complexity index is 346. The topological polar surface area (TPSA) is 43.4 Å². The molecule has 1 rings (SSSR count). The van der Waals surface area contributed by atoms with Gasteiger partial charge in [-0.25, -0.2) is 0 Å². The zero-order valence-corrected chi connectivity index (χ0v) is 10.6. The molecule has 3 unspecified atom stereocenters. The van der Waals surface area contributed by atoms with Crippen molar-refractivity contribution in [2.24, 2.45) is 5.92 Å². The van der Waals surface area contributed by atoms with Crippen molar-refractivity contribution in [1.82, 2.24) is 0 Å². The SMILES string of the molecule is COC(=O)C(C)C(C)S(=O)c1cccs1. The molecule has 0 aliphatic heterocycles. The number of hydrogen-bond donors (Lipinski definition) is 0. The summed E-state index contributed by atoms with van der Waals surface area (Å²) in [6, 6.07) is 3.68. The monoisotopic (exact) mass is 246 g/mol. The fraction of sp³-hybridized carbons (Fsp3) is 0.500. The summed E-state index contributed by atoms with van der Waals surface area (Å²) in [5.41, 5.74) is 0. The number of rotatable bonds is 4. The minimum Gasteiger partial charge on any atom is -0.469 e. The lowest BCUT2D eigenvalue weighted by molar-refractivity contribution is -0.144. The van der Waals surface area contributed by atoms with Crippen LogP contribution in [-0.4, -0.2) is 22.5 Å². The molecule has 1 aromatic rings. The highest BCUT2D eigenvalue weighted by Crippen LogP contribution is 2.21. The predicted octanol–water partition coefficient (Wildman–Crippen LogP) is 2.05. The van der Waals surface area contributed by atoms with Gasteiger partial charge in [-0.15, -0.1) is 11.3 Å². The van der Waals surface area contributed by atoms with Crippen molar-refractivity contribution in [2.75, 3.05) is 7.11 Å². The number of methoxy groups -OCH3 is 1. The van der Waals surface area contributed by atoms with E-state index in [4.69, 9.17) is 0 Å². The number of ether oxygens (including phenoxy) is 1. The molecule has 0 saturated carbocycles.